The number of carbonyl (C=O) groups is 2. The Morgan fingerprint density at radius 1 is 1.00 bits per heavy atom. The van der Waals surface area contributed by atoms with Crippen molar-refractivity contribution < 1.29 is 19.1 Å². The third-order valence-electron chi connectivity index (χ3n) is 2.86. The van der Waals surface area contributed by atoms with E-state index < -0.39 is 11.0 Å². The summed E-state index contributed by atoms with van der Waals surface area (Å²) in [5, 5.41) is 0. The van der Waals surface area contributed by atoms with E-state index in [1.54, 1.807) is 0 Å². The van der Waals surface area contributed by atoms with Crippen LogP contribution in [0.25, 0.3) is 0 Å². The summed E-state index contributed by atoms with van der Waals surface area (Å²) < 4.78 is 10.4. The minimum absolute atomic E-state index is 0.174. The molecule has 0 N–H and O–H groups in total. The Balaban J connectivity index is 3.72. The Labute approximate surface area is 116 Å². The fourth-order valence-corrected chi connectivity index (χ4v) is 1.27. The maximum atomic E-state index is 11.7. The molecule has 4 nitrogen and oxygen atoms in total. The predicted octanol–water partition coefficient (Wildman–Crippen LogP) is 3.48. The van der Waals surface area contributed by atoms with Gasteiger partial charge in [0.15, 0.2) is 0 Å². The Morgan fingerprint density at radius 3 is 2.05 bits per heavy atom. The smallest absolute Gasteiger partial charge is 0.311 e. The fourth-order valence-electron chi connectivity index (χ4n) is 1.27. The van der Waals surface area contributed by atoms with Gasteiger partial charge in [0.1, 0.15) is 5.60 Å². The van der Waals surface area contributed by atoms with Crippen molar-refractivity contribution in [3.8, 4) is 0 Å². The topological polar surface area (TPSA) is 52.6 Å². The van der Waals surface area contributed by atoms with E-state index in [1.165, 1.54) is 0 Å². The van der Waals surface area contributed by atoms with Crippen LogP contribution in [0.3, 0.4) is 0 Å². The molecule has 112 valence electrons. The van der Waals surface area contributed by atoms with Crippen LogP contribution in [0, 0.1) is 5.41 Å². The zero-order chi connectivity index (χ0) is 15.1. The van der Waals surface area contributed by atoms with Gasteiger partial charge < -0.3 is 9.47 Å². The van der Waals surface area contributed by atoms with E-state index in [-0.39, 0.29) is 11.9 Å². The molecule has 0 radical (unpaired) electrons. The molecule has 19 heavy (non-hydrogen) atoms. The van der Waals surface area contributed by atoms with Gasteiger partial charge in [0.05, 0.1) is 12.0 Å². The van der Waals surface area contributed by atoms with E-state index >= 15 is 0 Å². The maximum absolute atomic E-state index is 11.7. The quantitative estimate of drug-likeness (QED) is 0.526. The lowest BCUT2D eigenvalue weighted by molar-refractivity contribution is -0.155. The molecule has 0 spiro atoms. The minimum atomic E-state index is -0.436. The molecule has 0 aliphatic carbocycles. The minimum Gasteiger partial charge on any atom is -0.465 e. The number of carbonyl (C=O) groups excluding carboxylic acids is 2. The zero-order valence-corrected chi connectivity index (χ0v) is 13.2. The highest BCUT2D eigenvalue weighted by atomic mass is 16.6. The number of esters is 2. The second kappa shape index (κ2) is 7.51. The van der Waals surface area contributed by atoms with E-state index in [0.29, 0.717) is 25.9 Å². The first-order chi connectivity index (χ1) is 8.58. The highest BCUT2D eigenvalue weighted by molar-refractivity contribution is 5.75. The number of hydrogen-bond donors (Lipinski definition) is 0. The van der Waals surface area contributed by atoms with E-state index in [4.69, 9.17) is 9.47 Å². The molecule has 0 saturated carbocycles. The van der Waals surface area contributed by atoms with Crippen molar-refractivity contribution in [2.45, 2.75) is 72.8 Å². The second-order valence-electron chi connectivity index (χ2n) is 6.42. The molecule has 4 heteroatoms. The molecular formula is C15H28O4. The van der Waals surface area contributed by atoms with Gasteiger partial charge in [0.25, 0.3) is 0 Å². The van der Waals surface area contributed by atoms with Gasteiger partial charge >= 0.3 is 11.9 Å². The van der Waals surface area contributed by atoms with Gasteiger partial charge in [-0.2, -0.15) is 0 Å². The fraction of sp³-hybridized carbons (Fsp3) is 0.867. The van der Waals surface area contributed by atoms with Crippen molar-refractivity contribution in [3.05, 3.63) is 0 Å². The van der Waals surface area contributed by atoms with Crippen molar-refractivity contribution in [2.75, 3.05) is 6.61 Å². The largest absolute Gasteiger partial charge is 0.465 e. The summed E-state index contributed by atoms with van der Waals surface area (Å²) in [5.41, 5.74) is -0.861. The highest BCUT2D eigenvalue weighted by Gasteiger charge is 2.26. The SMILES string of the molecule is CCC(C)(C)C(=O)OCCCCC(=O)OC(C)(C)C. The molecule has 0 aromatic heterocycles. The molecule has 0 heterocycles. The van der Waals surface area contributed by atoms with Crippen LogP contribution in [0.2, 0.25) is 0 Å². The molecule has 0 bridgehead atoms. The van der Waals surface area contributed by atoms with Crippen LogP contribution >= 0.6 is 0 Å². The standard InChI is InChI=1S/C15H28O4/c1-7-15(5,6)13(17)18-11-9-8-10-12(16)19-14(2,3)4/h7-11H2,1-6H3. The molecule has 0 aromatic rings. The molecule has 0 aliphatic rings. The number of unbranched alkanes of at least 4 members (excludes halogenated alkanes) is 1. The summed E-state index contributed by atoms with van der Waals surface area (Å²) in [6, 6.07) is 0. The van der Waals surface area contributed by atoms with Gasteiger partial charge in [-0.3, -0.25) is 9.59 Å². The molecule has 0 rings (SSSR count). The lowest BCUT2D eigenvalue weighted by Gasteiger charge is -2.20. The Morgan fingerprint density at radius 2 is 1.58 bits per heavy atom. The molecule has 0 aromatic carbocycles. The average Bonchev–Trinajstić information content (AvgIpc) is 2.25. The lowest BCUT2D eigenvalue weighted by atomic mass is 9.91. The summed E-state index contributed by atoms with van der Waals surface area (Å²) >= 11 is 0. The Bertz CT molecular complexity index is 300. The second-order valence-corrected chi connectivity index (χ2v) is 6.42. The molecule has 0 amide bonds. The first kappa shape index (κ1) is 17.9. The predicted molar refractivity (Wildman–Crippen MR) is 74.7 cm³/mol. The van der Waals surface area contributed by atoms with Crippen LogP contribution in [0.5, 0.6) is 0 Å². The third-order valence-corrected chi connectivity index (χ3v) is 2.86. The molecular weight excluding hydrogens is 244 g/mol. The molecule has 0 unspecified atom stereocenters. The van der Waals surface area contributed by atoms with E-state index in [0.717, 1.165) is 6.42 Å². The molecule has 0 atom stereocenters. The summed E-state index contributed by atoms with van der Waals surface area (Å²) in [6.07, 6.45) is 2.48. The maximum Gasteiger partial charge on any atom is 0.311 e. The van der Waals surface area contributed by atoms with Crippen molar-refractivity contribution >= 4 is 11.9 Å². The van der Waals surface area contributed by atoms with Gasteiger partial charge in [-0.05, 0) is 53.9 Å². The van der Waals surface area contributed by atoms with Gasteiger partial charge in [0.2, 0.25) is 0 Å². The van der Waals surface area contributed by atoms with Crippen LogP contribution in [-0.2, 0) is 19.1 Å². The monoisotopic (exact) mass is 272 g/mol. The van der Waals surface area contributed by atoms with Crippen LogP contribution in [0.1, 0.15) is 67.2 Å². The van der Waals surface area contributed by atoms with Gasteiger partial charge in [-0.25, -0.2) is 0 Å². The van der Waals surface area contributed by atoms with E-state index in [2.05, 4.69) is 0 Å². The van der Waals surface area contributed by atoms with Crippen molar-refractivity contribution in [2.24, 2.45) is 5.41 Å². The van der Waals surface area contributed by atoms with Crippen molar-refractivity contribution in [3.63, 3.8) is 0 Å². The van der Waals surface area contributed by atoms with Crippen molar-refractivity contribution in [1.82, 2.24) is 0 Å². The van der Waals surface area contributed by atoms with E-state index in [1.807, 2.05) is 41.5 Å². The van der Waals surface area contributed by atoms with Crippen LogP contribution in [0.4, 0.5) is 0 Å². The summed E-state index contributed by atoms with van der Waals surface area (Å²) in [5.74, 6) is -0.375. The van der Waals surface area contributed by atoms with Crippen LogP contribution in [0.15, 0.2) is 0 Å². The first-order valence-electron chi connectivity index (χ1n) is 6.97. The number of rotatable bonds is 7. The van der Waals surface area contributed by atoms with Crippen LogP contribution in [-0.4, -0.2) is 24.1 Å². The third kappa shape index (κ3) is 8.62. The zero-order valence-electron chi connectivity index (χ0n) is 13.2. The summed E-state index contributed by atoms with van der Waals surface area (Å²) in [7, 11) is 0. The number of ether oxygens (including phenoxy) is 2. The summed E-state index contributed by atoms with van der Waals surface area (Å²) in [4.78, 5) is 23.1. The van der Waals surface area contributed by atoms with Gasteiger partial charge in [0, 0.05) is 6.42 Å². The van der Waals surface area contributed by atoms with Crippen LogP contribution < -0.4 is 0 Å². The summed E-state index contributed by atoms with van der Waals surface area (Å²) in [6.45, 7) is 11.6. The highest BCUT2D eigenvalue weighted by Crippen LogP contribution is 2.21. The molecule has 0 aliphatic heterocycles. The molecule has 0 fully saturated rings. The Hall–Kier alpha value is -1.06. The first-order valence-corrected chi connectivity index (χ1v) is 6.97. The Kier molecular flexibility index (Phi) is 7.09. The number of hydrogen-bond acceptors (Lipinski definition) is 4. The van der Waals surface area contributed by atoms with Crippen molar-refractivity contribution in [1.29, 1.82) is 0 Å². The lowest BCUT2D eigenvalue weighted by Crippen LogP contribution is -2.26. The normalized spacial score (nSPS) is 12.1. The van der Waals surface area contributed by atoms with Gasteiger partial charge in [-0.1, -0.05) is 6.92 Å². The van der Waals surface area contributed by atoms with Gasteiger partial charge in [-0.15, -0.1) is 0 Å². The van der Waals surface area contributed by atoms with E-state index in [9.17, 15) is 9.59 Å². The average molecular weight is 272 g/mol. The molecule has 0 saturated heterocycles.